The Balaban J connectivity index is 1.14. The van der Waals surface area contributed by atoms with Gasteiger partial charge < -0.3 is 25.8 Å². The van der Waals surface area contributed by atoms with E-state index in [-0.39, 0.29) is 23.9 Å². The lowest BCUT2D eigenvalue weighted by Crippen LogP contribution is -2.40. The van der Waals surface area contributed by atoms with Crippen LogP contribution in [0.5, 0.6) is 0 Å². The maximum Gasteiger partial charge on any atom is 0.255 e. The quantitative estimate of drug-likeness (QED) is 0.610. The number of piperidine rings is 1. The lowest BCUT2D eigenvalue weighted by Gasteiger charge is -2.31. The molecule has 6 rings (SSSR count). The van der Waals surface area contributed by atoms with Gasteiger partial charge in [-0.05, 0) is 55.2 Å². The van der Waals surface area contributed by atoms with Crippen LogP contribution in [-0.2, 0) is 10.2 Å². The second-order valence-electron chi connectivity index (χ2n) is 10.9. The van der Waals surface area contributed by atoms with E-state index in [9.17, 15) is 9.90 Å². The Bertz CT molecular complexity index is 1060. The van der Waals surface area contributed by atoms with Crippen LogP contribution in [0.15, 0.2) is 36.5 Å². The second-order valence-corrected chi connectivity index (χ2v) is 10.9. The molecule has 3 heterocycles. The Labute approximate surface area is 200 Å². The minimum Gasteiger partial charge on any atom is -0.393 e. The van der Waals surface area contributed by atoms with Gasteiger partial charge in [0.05, 0.1) is 24.9 Å². The largest absolute Gasteiger partial charge is 0.393 e. The van der Waals surface area contributed by atoms with Crippen LogP contribution in [0.1, 0.15) is 48.0 Å². The SMILES string of the molecule is Nc1ncc(-c2ccc([C@@]34C[C@@H]3CN(CC3COC3)C4)cc2)cc1C(=O)N[C@H]1CC[C@H](O)CC1. The highest BCUT2D eigenvalue weighted by molar-refractivity contribution is 5.99. The van der Waals surface area contributed by atoms with E-state index >= 15 is 0 Å². The number of hydrogen-bond donors (Lipinski definition) is 3. The third-order valence-electron chi connectivity index (χ3n) is 8.43. The summed E-state index contributed by atoms with van der Waals surface area (Å²) in [5, 5.41) is 12.8. The number of carbonyl (C=O) groups is 1. The molecule has 2 aromatic rings. The molecule has 4 aliphatic rings. The summed E-state index contributed by atoms with van der Waals surface area (Å²) in [5.74, 6) is 1.54. The molecule has 2 saturated carbocycles. The summed E-state index contributed by atoms with van der Waals surface area (Å²) in [7, 11) is 0. The molecule has 1 aromatic carbocycles. The van der Waals surface area contributed by atoms with Crippen LogP contribution >= 0.6 is 0 Å². The number of nitrogens with zero attached hydrogens (tertiary/aromatic N) is 2. The minimum absolute atomic E-state index is 0.0757. The number of fused-ring (bicyclic) bond motifs is 1. The zero-order chi connectivity index (χ0) is 23.3. The molecule has 0 bridgehead atoms. The van der Waals surface area contributed by atoms with Crippen molar-refractivity contribution < 1.29 is 14.6 Å². The number of amides is 1. The van der Waals surface area contributed by atoms with Crippen molar-refractivity contribution in [3.8, 4) is 11.1 Å². The van der Waals surface area contributed by atoms with Gasteiger partial charge in [-0.15, -0.1) is 0 Å². The van der Waals surface area contributed by atoms with Crippen LogP contribution in [0, 0.1) is 11.8 Å². The van der Waals surface area contributed by atoms with E-state index in [4.69, 9.17) is 10.5 Å². The van der Waals surface area contributed by atoms with Crippen molar-refractivity contribution in [1.29, 1.82) is 0 Å². The number of aromatic nitrogens is 1. The van der Waals surface area contributed by atoms with Crippen molar-refractivity contribution in [2.45, 2.75) is 49.7 Å². The van der Waals surface area contributed by atoms with Gasteiger partial charge in [0, 0.05) is 48.8 Å². The van der Waals surface area contributed by atoms with Crippen molar-refractivity contribution in [2.75, 3.05) is 38.6 Å². The van der Waals surface area contributed by atoms with Crippen molar-refractivity contribution in [3.05, 3.63) is 47.7 Å². The highest BCUT2D eigenvalue weighted by Gasteiger charge is 2.60. The first-order valence-electron chi connectivity index (χ1n) is 12.7. The molecular weight excluding hydrogens is 428 g/mol. The normalized spacial score (nSPS) is 31.0. The average Bonchev–Trinajstić information content (AvgIpc) is 3.39. The number of aliphatic hydroxyl groups excluding tert-OH is 1. The van der Waals surface area contributed by atoms with Crippen molar-refractivity contribution in [3.63, 3.8) is 0 Å². The van der Waals surface area contributed by atoms with Gasteiger partial charge >= 0.3 is 0 Å². The first kappa shape index (κ1) is 22.0. The fourth-order valence-electron chi connectivity index (χ4n) is 6.22. The molecule has 34 heavy (non-hydrogen) atoms. The molecule has 2 saturated heterocycles. The number of nitrogen functional groups attached to an aromatic ring is 1. The number of pyridine rings is 1. The Morgan fingerprint density at radius 1 is 1.18 bits per heavy atom. The standard InChI is InChI=1S/C27H34N4O3/c28-25-24(26(33)30-22-5-7-23(32)8-6-22)9-19(11-29-25)18-1-3-20(4-2-18)27-10-21(27)13-31(16-27)12-17-14-34-15-17/h1-4,9,11,17,21-23,32H,5-8,10,12-16H2,(H2,28,29)(H,30,33)/t21-,22-,23-,27+/m1/s1. The van der Waals surface area contributed by atoms with E-state index in [1.807, 2.05) is 6.07 Å². The Morgan fingerprint density at radius 2 is 1.94 bits per heavy atom. The van der Waals surface area contributed by atoms with E-state index in [0.717, 1.165) is 62.5 Å². The molecule has 1 amide bonds. The van der Waals surface area contributed by atoms with Gasteiger partial charge in [0.15, 0.2) is 0 Å². The fourth-order valence-corrected chi connectivity index (χ4v) is 6.22. The summed E-state index contributed by atoms with van der Waals surface area (Å²) in [5.41, 5.74) is 10.2. The highest BCUT2D eigenvalue weighted by atomic mass is 16.5. The van der Waals surface area contributed by atoms with Crippen LogP contribution < -0.4 is 11.1 Å². The molecule has 7 nitrogen and oxygen atoms in total. The van der Waals surface area contributed by atoms with Gasteiger partial charge in [-0.25, -0.2) is 4.98 Å². The van der Waals surface area contributed by atoms with E-state index in [1.165, 1.54) is 25.1 Å². The predicted molar refractivity (Wildman–Crippen MR) is 130 cm³/mol. The summed E-state index contributed by atoms with van der Waals surface area (Å²) in [6, 6.07) is 10.7. The average molecular weight is 463 g/mol. The number of nitrogens with two attached hydrogens (primary N) is 1. The van der Waals surface area contributed by atoms with Crippen LogP contribution in [0.2, 0.25) is 0 Å². The Morgan fingerprint density at radius 3 is 2.65 bits per heavy atom. The molecule has 180 valence electrons. The van der Waals surface area contributed by atoms with Gasteiger partial charge in [0.1, 0.15) is 5.82 Å². The molecule has 2 atom stereocenters. The summed E-state index contributed by atoms with van der Waals surface area (Å²) in [6.45, 7) is 5.36. The third kappa shape index (κ3) is 4.10. The van der Waals surface area contributed by atoms with Crippen LogP contribution in [0.3, 0.4) is 0 Å². The Kier molecular flexibility index (Phi) is 5.59. The van der Waals surface area contributed by atoms with Crippen molar-refractivity contribution in [1.82, 2.24) is 15.2 Å². The third-order valence-corrected chi connectivity index (χ3v) is 8.43. The van der Waals surface area contributed by atoms with E-state index < -0.39 is 0 Å². The number of carbonyl (C=O) groups excluding carboxylic acids is 1. The molecule has 1 aromatic heterocycles. The van der Waals surface area contributed by atoms with E-state index in [2.05, 4.69) is 39.5 Å². The molecule has 2 aliphatic carbocycles. The number of aliphatic hydroxyl groups is 1. The van der Waals surface area contributed by atoms with Crippen LogP contribution in [0.25, 0.3) is 11.1 Å². The fraction of sp³-hybridized carbons (Fsp3) is 0.556. The molecule has 2 aliphatic heterocycles. The molecule has 0 unspecified atom stereocenters. The maximum atomic E-state index is 12.9. The monoisotopic (exact) mass is 462 g/mol. The Hall–Kier alpha value is -2.48. The van der Waals surface area contributed by atoms with Crippen LogP contribution in [0.4, 0.5) is 5.82 Å². The second kappa shape index (κ2) is 8.63. The summed E-state index contributed by atoms with van der Waals surface area (Å²) >= 11 is 0. The van der Waals surface area contributed by atoms with Gasteiger partial charge in [0.2, 0.25) is 0 Å². The van der Waals surface area contributed by atoms with Gasteiger partial charge in [-0.3, -0.25) is 4.79 Å². The van der Waals surface area contributed by atoms with Crippen LogP contribution in [-0.4, -0.2) is 65.9 Å². The zero-order valence-corrected chi connectivity index (χ0v) is 19.6. The number of nitrogens with one attached hydrogen (secondary N) is 1. The number of ether oxygens (including phenoxy) is 1. The molecule has 0 radical (unpaired) electrons. The van der Waals surface area contributed by atoms with E-state index in [0.29, 0.717) is 16.9 Å². The first-order chi connectivity index (χ1) is 16.5. The summed E-state index contributed by atoms with van der Waals surface area (Å²) in [4.78, 5) is 19.8. The maximum absolute atomic E-state index is 12.9. The minimum atomic E-state index is -0.249. The first-order valence-corrected chi connectivity index (χ1v) is 12.7. The van der Waals surface area contributed by atoms with Gasteiger partial charge in [-0.1, -0.05) is 24.3 Å². The van der Waals surface area contributed by atoms with Gasteiger partial charge in [-0.2, -0.15) is 0 Å². The number of anilines is 1. The zero-order valence-electron chi connectivity index (χ0n) is 19.6. The van der Waals surface area contributed by atoms with Crippen molar-refractivity contribution in [2.24, 2.45) is 11.8 Å². The number of likely N-dealkylation sites (tertiary alicyclic amines) is 1. The summed E-state index contributed by atoms with van der Waals surface area (Å²) < 4.78 is 5.35. The summed E-state index contributed by atoms with van der Waals surface area (Å²) in [6.07, 6.45) is 5.80. The highest BCUT2D eigenvalue weighted by Crippen LogP contribution is 2.59. The number of hydrogen-bond acceptors (Lipinski definition) is 6. The predicted octanol–water partition coefficient (Wildman–Crippen LogP) is 2.58. The molecule has 7 heteroatoms. The smallest absolute Gasteiger partial charge is 0.255 e. The van der Waals surface area contributed by atoms with Crippen molar-refractivity contribution >= 4 is 11.7 Å². The molecular formula is C27H34N4O3. The number of rotatable bonds is 6. The lowest BCUT2D eigenvalue weighted by molar-refractivity contribution is -0.0452. The molecule has 4 N–H and O–H groups in total. The number of benzene rings is 1. The molecule has 0 spiro atoms. The molecule has 4 fully saturated rings. The van der Waals surface area contributed by atoms with Gasteiger partial charge in [0.25, 0.3) is 5.91 Å². The lowest BCUT2D eigenvalue weighted by atomic mass is 9.92. The topological polar surface area (TPSA) is 101 Å². The van der Waals surface area contributed by atoms with E-state index in [1.54, 1.807) is 6.20 Å².